The SMILES string of the molecule is N#Cc1c2nc3ccccn3c2nc2ccsc12. The lowest BCUT2D eigenvalue weighted by molar-refractivity contribution is 1.20. The van der Waals surface area contributed by atoms with Crippen LogP contribution in [0.2, 0.25) is 0 Å². The first-order chi connectivity index (χ1) is 8.88. The molecular weight excluding hydrogens is 244 g/mol. The Morgan fingerprint density at radius 1 is 1.22 bits per heavy atom. The highest BCUT2D eigenvalue weighted by Crippen LogP contribution is 2.29. The van der Waals surface area contributed by atoms with E-state index < -0.39 is 0 Å². The number of thiophene rings is 1. The third-order valence-electron chi connectivity index (χ3n) is 2.95. The van der Waals surface area contributed by atoms with Crippen molar-refractivity contribution in [2.24, 2.45) is 0 Å². The molecule has 4 aromatic rings. The molecule has 4 aromatic heterocycles. The maximum Gasteiger partial charge on any atom is 0.166 e. The van der Waals surface area contributed by atoms with Crippen LogP contribution in [0.15, 0.2) is 35.8 Å². The molecule has 4 rings (SSSR count). The standard InChI is InChI=1S/C13H6N4S/c14-7-8-11-13(15-9-4-6-18-12(8)9)17-5-2-1-3-10(17)16-11/h1-6H. The Bertz CT molecular complexity index is 942. The van der Waals surface area contributed by atoms with E-state index in [1.807, 2.05) is 40.2 Å². The third kappa shape index (κ3) is 1.08. The van der Waals surface area contributed by atoms with Crippen LogP contribution in [-0.2, 0) is 0 Å². The Morgan fingerprint density at radius 2 is 2.17 bits per heavy atom. The average molecular weight is 250 g/mol. The van der Waals surface area contributed by atoms with Crippen LogP contribution in [-0.4, -0.2) is 14.4 Å². The molecule has 18 heavy (non-hydrogen) atoms. The van der Waals surface area contributed by atoms with Gasteiger partial charge in [-0.1, -0.05) is 6.07 Å². The molecule has 0 spiro atoms. The normalized spacial score (nSPS) is 11.3. The molecule has 0 N–H and O–H groups in total. The van der Waals surface area contributed by atoms with Crippen molar-refractivity contribution in [3.8, 4) is 6.07 Å². The number of imidazole rings is 1. The van der Waals surface area contributed by atoms with Crippen LogP contribution >= 0.6 is 11.3 Å². The number of rotatable bonds is 0. The van der Waals surface area contributed by atoms with Gasteiger partial charge in [0, 0.05) is 6.20 Å². The largest absolute Gasteiger partial charge is 0.284 e. The summed E-state index contributed by atoms with van der Waals surface area (Å²) in [6.45, 7) is 0. The molecule has 0 amide bonds. The van der Waals surface area contributed by atoms with E-state index in [2.05, 4.69) is 16.0 Å². The molecular formula is C13H6N4S. The van der Waals surface area contributed by atoms with Gasteiger partial charge in [-0.2, -0.15) is 5.26 Å². The molecule has 0 saturated heterocycles. The van der Waals surface area contributed by atoms with Crippen molar-refractivity contribution >= 4 is 38.4 Å². The summed E-state index contributed by atoms with van der Waals surface area (Å²) in [5.41, 5.74) is 3.71. The lowest BCUT2D eigenvalue weighted by Gasteiger charge is -1.96. The van der Waals surface area contributed by atoms with Gasteiger partial charge in [-0.3, -0.25) is 4.40 Å². The van der Waals surface area contributed by atoms with Crippen LogP contribution < -0.4 is 0 Å². The predicted octanol–water partition coefficient (Wildman–Crippen LogP) is 2.97. The molecule has 0 atom stereocenters. The molecule has 5 heteroatoms. The predicted molar refractivity (Wildman–Crippen MR) is 70.6 cm³/mol. The van der Waals surface area contributed by atoms with E-state index in [4.69, 9.17) is 0 Å². The number of nitriles is 1. The highest BCUT2D eigenvalue weighted by atomic mass is 32.1. The zero-order chi connectivity index (χ0) is 12.1. The van der Waals surface area contributed by atoms with Gasteiger partial charge in [-0.15, -0.1) is 11.3 Å². The van der Waals surface area contributed by atoms with Crippen LogP contribution in [0, 0.1) is 11.3 Å². The van der Waals surface area contributed by atoms with Gasteiger partial charge in [0.25, 0.3) is 0 Å². The number of pyridine rings is 2. The highest BCUT2D eigenvalue weighted by molar-refractivity contribution is 7.17. The second-order valence-electron chi connectivity index (χ2n) is 3.95. The summed E-state index contributed by atoms with van der Waals surface area (Å²) >= 11 is 1.53. The molecule has 0 saturated carbocycles. The molecule has 0 fully saturated rings. The summed E-state index contributed by atoms with van der Waals surface area (Å²) < 4.78 is 2.82. The van der Waals surface area contributed by atoms with E-state index in [1.165, 1.54) is 11.3 Å². The zero-order valence-corrected chi connectivity index (χ0v) is 9.98. The molecule has 0 radical (unpaired) electrons. The summed E-state index contributed by atoms with van der Waals surface area (Å²) in [6, 6.07) is 9.96. The molecule has 84 valence electrons. The van der Waals surface area contributed by atoms with Gasteiger partial charge in [0.1, 0.15) is 22.8 Å². The number of nitrogens with zero attached hydrogens (tertiary/aromatic N) is 4. The Labute approximate surface area is 106 Å². The minimum absolute atomic E-state index is 0.619. The second-order valence-corrected chi connectivity index (χ2v) is 4.86. The molecule has 0 aliphatic rings. The van der Waals surface area contributed by atoms with Gasteiger partial charge in [-0.05, 0) is 23.6 Å². The maximum absolute atomic E-state index is 9.36. The molecule has 4 heterocycles. The van der Waals surface area contributed by atoms with Crippen molar-refractivity contribution in [3.63, 3.8) is 0 Å². The first kappa shape index (κ1) is 9.57. The molecule has 0 aromatic carbocycles. The van der Waals surface area contributed by atoms with E-state index in [0.29, 0.717) is 11.1 Å². The molecule has 4 nitrogen and oxygen atoms in total. The summed E-state index contributed by atoms with van der Waals surface area (Å²) in [5.74, 6) is 0. The van der Waals surface area contributed by atoms with Crippen molar-refractivity contribution in [2.45, 2.75) is 0 Å². The number of aromatic nitrogens is 3. The summed E-state index contributed by atoms with van der Waals surface area (Å²) in [5, 5.41) is 11.3. The van der Waals surface area contributed by atoms with Gasteiger partial charge in [0.05, 0.1) is 10.2 Å². The first-order valence-electron chi connectivity index (χ1n) is 5.42. The van der Waals surface area contributed by atoms with Crippen LogP contribution in [0.1, 0.15) is 5.56 Å². The van der Waals surface area contributed by atoms with Crippen molar-refractivity contribution in [2.75, 3.05) is 0 Å². The smallest absolute Gasteiger partial charge is 0.166 e. The van der Waals surface area contributed by atoms with Gasteiger partial charge in [0.15, 0.2) is 5.65 Å². The number of hydrogen-bond acceptors (Lipinski definition) is 4. The minimum atomic E-state index is 0.619. The molecule has 0 unspecified atom stereocenters. The van der Waals surface area contributed by atoms with Crippen LogP contribution in [0.5, 0.6) is 0 Å². The van der Waals surface area contributed by atoms with Gasteiger partial charge in [-0.25, -0.2) is 9.97 Å². The minimum Gasteiger partial charge on any atom is -0.284 e. The van der Waals surface area contributed by atoms with E-state index in [1.54, 1.807) is 0 Å². The van der Waals surface area contributed by atoms with Crippen LogP contribution in [0.4, 0.5) is 0 Å². The van der Waals surface area contributed by atoms with Gasteiger partial charge < -0.3 is 0 Å². The molecule has 0 aliphatic carbocycles. The Morgan fingerprint density at radius 3 is 3.06 bits per heavy atom. The topological polar surface area (TPSA) is 54.0 Å². The molecule has 0 aliphatic heterocycles. The maximum atomic E-state index is 9.36. The summed E-state index contributed by atoms with van der Waals surface area (Å²) in [6.07, 6.45) is 1.91. The number of hydrogen-bond donors (Lipinski definition) is 0. The fraction of sp³-hybridized carbons (Fsp3) is 0. The van der Waals surface area contributed by atoms with E-state index in [-0.39, 0.29) is 0 Å². The van der Waals surface area contributed by atoms with E-state index in [9.17, 15) is 5.26 Å². The lowest BCUT2D eigenvalue weighted by atomic mass is 10.2. The fourth-order valence-electron chi connectivity index (χ4n) is 2.16. The highest BCUT2D eigenvalue weighted by Gasteiger charge is 2.14. The summed E-state index contributed by atoms with van der Waals surface area (Å²) in [7, 11) is 0. The monoisotopic (exact) mass is 250 g/mol. The first-order valence-corrected chi connectivity index (χ1v) is 6.30. The zero-order valence-electron chi connectivity index (χ0n) is 9.16. The summed E-state index contributed by atoms with van der Waals surface area (Å²) in [4.78, 5) is 9.09. The average Bonchev–Trinajstić information content (AvgIpc) is 2.99. The Hall–Kier alpha value is -2.45. The fourth-order valence-corrected chi connectivity index (χ4v) is 2.99. The van der Waals surface area contributed by atoms with Crippen molar-refractivity contribution in [1.82, 2.24) is 14.4 Å². The Balaban J connectivity index is 2.37. The van der Waals surface area contributed by atoms with Crippen molar-refractivity contribution < 1.29 is 0 Å². The number of fused-ring (bicyclic) bond motifs is 4. The van der Waals surface area contributed by atoms with Gasteiger partial charge in [0.2, 0.25) is 0 Å². The van der Waals surface area contributed by atoms with E-state index >= 15 is 0 Å². The van der Waals surface area contributed by atoms with Gasteiger partial charge >= 0.3 is 0 Å². The molecule has 0 bridgehead atoms. The van der Waals surface area contributed by atoms with Crippen LogP contribution in [0.25, 0.3) is 27.0 Å². The quantitative estimate of drug-likeness (QED) is 0.482. The van der Waals surface area contributed by atoms with Crippen LogP contribution in [0.3, 0.4) is 0 Å². The van der Waals surface area contributed by atoms with Crippen molar-refractivity contribution in [3.05, 3.63) is 41.4 Å². The Kier molecular flexibility index (Phi) is 1.74. The second kappa shape index (κ2) is 3.28. The van der Waals surface area contributed by atoms with Crippen molar-refractivity contribution in [1.29, 1.82) is 5.26 Å². The third-order valence-corrected chi connectivity index (χ3v) is 3.87. The lowest BCUT2D eigenvalue weighted by Crippen LogP contribution is -1.87. The van der Waals surface area contributed by atoms with E-state index in [0.717, 1.165) is 21.5 Å².